The van der Waals surface area contributed by atoms with Gasteiger partial charge in [0.15, 0.2) is 0 Å². The Labute approximate surface area is 81.1 Å². The lowest BCUT2D eigenvalue weighted by atomic mass is 9.80. The van der Waals surface area contributed by atoms with Gasteiger partial charge in [-0.1, -0.05) is 13.8 Å². The van der Waals surface area contributed by atoms with Gasteiger partial charge >= 0.3 is 0 Å². The van der Waals surface area contributed by atoms with Gasteiger partial charge in [0.05, 0.1) is 6.67 Å². The fraction of sp³-hybridized carbons (Fsp3) is 1.00. The van der Waals surface area contributed by atoms with Crippen molar-refractivity contribution in [1.29, 1.82) is 0 Å². The number of rotatable bonds is 4. The minimum atomic E-state index is -0.190. The first kappa shape index (κ1) is 11.0. The van der Waals surface area contributed by atoms with E-state index in [0.29, 0.717) is 12.5 Å². The third-order valence-electron chi connectivity index (χ3n) is 3.15. The van der Waals surface area contributed by atoms with Crippen molar-refractivity contribution in [3.63, 3.8) is 0 Å². The molecule has 0 spiro atoms. The van der Waals surface area contributed by atoms with Gasteiger partial charge in [-0.25, -0.2) is 0 Å². The lowest BCUT2D eigenvalue weighted by molar-refractivity contribution is 0.226. The number of hydrogen-bond donors (Lipinski definition) is 1. The molecule has 1 saturated carbocycles. The Morgan fingerprint density at radius 1 is 1.31 bits per heavy atom. The molecule has 0 heterocycles. The van der Waals surface area contributed by atoms with E-state index in [9.17, 15) is 4.39 Å². The molecule has 0 bridgehead atoms. The van der Waals surface area contributed by atoms with Gasteiger partial charge in [0.25, 0.3) is 0 Å². The van der Waals surface area contributed by atoms with Gasteiger partial charge < -0.3 is 5.32 Å². The molecule has 3 atom stereocenters. The normalized spacial score (nSPS) is 34.8. The summed E-state index contributed by atoms with van der Waals surface area (Å²) in [6.07, 6.45) is 4.60. The minimum absolute atomic E-state index is 0.190. The second kappa shape index (κ2) is 5.58. The van der Waals surface area contributed by atoms with Gasteiger partial charge in [-0.05, 0) is 44.1 Å². The lowest BCUT2D eigenvalue weighted by Crippen LogP contribution is -2.39. The summed E-state index contributed by atoms with van der Waals surface area (Å²) in [6.45, 7) is 5.29. The second-order valence-corrected chi connectivity index (χ2v) is 4.50. The molecule has 0 aromatic heterocycles. The Kier molecular flexibility index (Phi) is 4.71. The highest BCUT2D eigenvalue weighted by Crippen LogP contribution is 2.28. The Hall–Kier alpha value is -0.110. The first-order chi connectivity index (χ1) is 6.24. The largest absolute Gasteiger partial charge is 0.314 e. The van der Waals surface area contributed by atoms with Crippen LogP contribution >= 0.6 is 0 Å². The first-order valence-electron chi connectivity index (χ1n) is 5.53. The third-order valence-corrected chi connectivity index (χ3v) is 3.15. The standard InChI is InChI=1S/C11H22FN/c1-9-4-5-11(10(2)8-9)13-7-3-6-12/h9-11,13H,3-8H2,1-2H3. The van der Waals surface area contributed by atoms with Crippen LogP contribution in [-0.2, 0) is 0 Å². The summed E-state index contributed by atoms with van der Waals surface area (Å²) < 4.78 is 11.9. The van der Waals surface area contributed by atoms with Crippen LogP contribution in [0.3, 0.4) is 0 Å². The maximum Gasteiger partial charge on any atom is 0.0906 e. The number of halogens is 1. The molecular weight excluding hydrogens is 165 g/mol. The predicted octanol–water partition coefficient (Wildman–Crippen LogP) is 2.76. The van der Waals surface area contributed by atoms with Crippen molar-refractivity contribution in [2.75, 3.05) is 13.2 Å². The Bertz CT molecular complexity index is 138. The molecule has 1 rings (SSSR count). The summed E-state index contributed by atoms with van der Waals surface area (Å²) in [5.41, 5.74) is 0. The van der Waals surface area contributed by atoms with Crippen molar-refractivity contribution in [3.8, 4) is 0 Å². The highest BCUT2D eigenvalue weighted by Gasteiger charge is 2.24. The fourth-order valence-electron chi connectivity index (χ4n) is 2.32. The molecule has 1 aliphatic carbocycles. The van der Waals surface area contributed by atoms with Gasteiger partial charge in [-0.2, -0.15) is 0 Å². The van der Waals surface area contributed by atoms with E-state index in [2.05, 4.69) is 19.2 Å². The van der Waals surface area contributed by atoms with Crippen LogP contribution < -0.4 is 5.32 Å². The average molecular weight is 187 g/mol. The molecular formula is C11H22FN. The molecule has 2 heteroatoms. The van der Waals surface area contributed by atoms with Gasteiger partial charge in [0, 0.05) is 6.04 Å². The zero-order valence-electron chi connectivity index (χ0n) is 8.85. The summed E-state index contributed by atoms with van der Waals surface area (Å²) in [5.74, 6) is 1.65. The number of nitrogens with one attached hydrogen (secondary N) is 1. The van der Waals surface area contributed by atoms with Crippen molar-refractivity contribution in [2.45, 2.75) is 45.6 Å². The van der Waals surface area contributed by atoms with Crippen LogP contribution in [0.4, 0.5) is 4.39 Å². The monoisotopic (exact) mass is 187 g/mol. The molecule has 1 N–H and O–H groups in total. The smallest absolute Gasteiger partial charge is 0.0906 e. The van der Waals surface area contributed by atoms with Gasteiger partial charge in [-0.15, -0.1) is 0 Å². The SMILES string of the molecule is CC1CCC(NCCCF)C(C)C1. The van der Waals surface area contributed by atoms with Crippen molar-refractivity contribution in [2.24, 2.45) is 11.8 Å². The lowest BCUT2D eigenvalue weighted by Gasteiger charge is -2.33. The zero-order valence-corrected chi connectivity index (χ0v) is 8.85. The molecule has 1 nitrogen and oxygen atoms in total. The molecule has 0 aliphatic heterocycles. The quantitative estimate of drug-likeness (QED) is 0.667. The minimum Gasteiger partial charge on any atom is -0.314 e. The van der Waals surface area contributed by atoms with Crippen LogP contribution in [-0.4, -0.2) is 19.3 Å². The summed E-state index contributed by atoms with van der Waals surface area (Å²) in [6, 6.07) is 0.641. The molecule has 78 valence electrons. The third kappa shape index (κ3) is 3.63. The van der Waals surface area contributed by atoms with Crippen LogP contribution in [0.5, 0.6) is 0 Å². The Morgan fingerprint density at radius 3 is 2.69 bits per heavy atom. The van der Waals surface area contributed by atoms with Crippen molar-refractivity contribution >= 4 is 0 Å². The van der Waals surface area contributed by atoms with Crippen LogP contribution in [0.15, 0.2) is 0 Å². The van der Waals surface area contributed by atoms with Crippen molar-refractivity contribution in [3.05, 3.63) is 0 Å². The second-order valence-electron chi connectivity index (χ2n) is 4.50. The summed E-state index contributed by atoms with van der Waals surface area (Å²) in [5, 5.41) is 3.45. The average Bonchev–Trinajstić information content (AvgIpc) is 2.09. The Balaban J connectivity index is 2.18. The zero-order chi connectivity index (χ0) is 9.68. The highest BCUT2D eigenvalue weighted by atomic mass is 19.1. The summed E-state index contributed by atoms with van der Waals surface area (Å²) >= 11 is 0. The van der Waals surface area contributed by atoms with E-state index in [4.69, 9.17) is 0 Å². The van der Waals surface area contributed by atoms with E-state index >= 15 is 0 Å². The van der Waals surface area contributed by atoms with Gasteiger partial charge in [0.2, 0.25) is 0 Å². The van der Waals surface area contributed by atoms with E-state index in [-0.39, 0.29) is 6.67 Å². The maximum atomic E-state index is 11.9. The van der Waals surface area contributed by atoms with E-state index in [1.807, 2.05) is 0 Å². The Morgan fingerprint density at radius 2 is 2.08 bits per heavy atom. The van der Waals surface area contributed by atoms with E-state index in [1.54, 1.807) is 0 Å². The van der Waals surface area contributed by atoms with Crippen LogP contribution in [0.2, 0.25) is 0 Å². The molecule has 0 saturated heterocycles. The van der Waals surface area contributed by atoms with Crippen molar-refractivity contribution < 1.29 is 4.39 Å². The van der Waals surface area contributed by atoms with Crippen LogP contribution in [0, 0.1) is 11.8 Å². The highest BCUT2D eigenvalue weighted by molar-refractivity contribution is 4.80. The molecule has 1 fully saturated rings. The molecule has 0 amide bonds. The molecule has 13 heavy (non-hydrogen) atoms. The van der Waals surface area contributed by atoms with Crippen LogP contribution in [0.25, 0.3) is 0 Å². The molecule has 0 aromatic rings. The van der Waals surface area contributed by atoms with Crippen LogP contribution in [0.1, 0.15) is 39.5 Å². The summed E-state index contributed by atoms with van der Waals surface area (Å²) in [4.78, 5) is 0. The predicted molar refractivity (Wildman–Crippen MR) is 54.6 cm³/mol. The van der Waals surface area contributed by atoms with E-state index in [1.165, 1.54) is 19.3 Å². The fourth-order valence-corrected chi connectivity index (χ4v) is 2.32. The topological polar surface area (TPSA) is 12.0 Å². The number of alkyl halides is 1. The molecule has 0 aromatic carbocycles. The molecule has 3 unspecified atom stereocenters. The van der Waals surface area contributed by atoms with Crippen molar-refractivity contribution in [1.82, 2.24) is 5.32 Å². The summed E-state index contributed by atoms with van der Waals surface area (Å²) in [7, 11) is 0. The number of hydrogen-bond acceptors (Lipinski definition) is 1. The van der Waals surface area contributed by atoms with E-state index in [0.717, 1.165) is 18.4 Å². The first-order valence-corrected chi connectivity index (χ1v) is 5.53. The van der Waals surface area contributed by atoms with E-state index < -0.39 is 0 Å². The van der Waals surface area contributed by atoms with Gasteiger partial charge in [0.1, 0.15) is 0 Å². The molecule has 1 aliphatic rings. The van der Waals surface area contributed by atoms with Gasteiger partial charge in [-0.3, -0.25) is 4.39 Å². The maximum absolute atomic E-state index is 11.9. The molecule has 0 radical (unpaired) electrons.